The van der Waals surface area contributed by atoms with Crippen LogP contribution in [-0.4, -0.2) is 9.97 Å². The minimum atomic E-state index is 0.477. The van der Waals surface area contributed by atoms with Gasteiger partial charge in [0.1, 0.15) is 6.33 Å². The molecule has 0 amide bonds. The number of nitrogens with zero attached hydrogens (tertiary/aromatic N) is 2. The summed E-state index contributed by atoms with van der Waals surface area (Å²) in [5.41, 5.74) is 2.22. The highest BCUT2D eigenvalue weighted by Crippen LogP contribution is 2.24. The molecule has 0 fully saturated rings. The zero-order valence-electron chi connectivity index (χ0n) is 7.11. The van der Waals surface area contributed by atoms with Crippen molar-refractivity contribution in [3.63, 3.8) is 0 Å². The van der Waals surface area contributed by atoms with Crippen LogP contribution >= 0.6 is 11.3 Å². The molecule has 2 aromatic heterocycles. The van der Waals surface area contributed by atoms with Crippen LogP contribution in [0.25, 0.3) is 10.9 Å². The van der Waals surface area contributed by atoms with Crippen LogP contribution in [0.3, 0.4) is 0 Å². The first-order valence-corrected chi connectivity index (χ1v) is 4.90. The average Bonchev–Trinajstić information content (AvgIpc) is 2.49. The Morgan fingerprint density at radius 2 is 2.08 bits per heavy atom. The average molecular weight is 178 g/mol. The Bertz CT molecular complexity index is 392. The Morgan fingerprint density at radius 3 is 2.83 bits per heavy atom. The summed E-state index contributed by atoms with van der Waals surface area (Å²) in [6.45, 7) is 4.30. The van der Waals surface area contributed by atoms with E-state index in [1.54, 1.807) is 17.7 Å². The first-order chi connectivity index (χ1) is 5.79. The molecule has 12 heavy (non-hydrogen) atoms. The van der Waals surface area contributed by atoms with E-state index in [1.807, 2.05) is 0 Å². The maximum atomic E-state index is 4.27. The largest absolute Gasteiger partial charge is 0.240 e. The van der Waals surface area contributed by atoms with Crippen molar-refractivity contribution < 1.29 is 0 Å². The van der Waals surface area contributed by atoms with Gasteiger partial charge in [-0.15, -0.1) is 11.3 Å². The molecule has 0 radical (unpaired) electrons. The molecule has 0 aliphatic rings. The fourth-order valence-corrected chi connectivity index (χ4v) is 2.03. The lowest BCUT2D eigenvalue weighted by Crippen LogP contribution is -1.93. The molecule has 2 nitrogen and oxygen atoms in total. The van der Waals surface area contributed by atoms with Gasteiger partial charge in [0.2, 0.25) is 0 Å². The normalized spacial score (nSPS) is 11.2. The van der Waals surface area contributed by atoms with E-state index in [0.29, 0.717) is 5.92 Å². The lowest BCUT2D eigenvalue weighted by molar-refractivity contribution is 0.829. The Morgan fingerprint density at radius 1 is 1.25 bits per heavy atom. The molecule has 2 heterocycles. The topological polar surface area (TPSA) is 25.8 Å². The van der Waals surface area contributed by atoms with E-state index in [2.05, 4.69) is 34.6 Å². The molecular formula is C9H10N2S. The second-order valence-electron chi connectivity index (χ2n) is 3.08. The molecular weight excluding hydrogens is 168 g/mol. The molecule has 0 aliphatic heterocycles. The Hall–Kier alpha value is -0.960. The number of hydrogen-bond acceptors (Lipinski definition) is 3. The summed E-state index contributed by atoms with van der Waals surface area (Å²) in [6.07, 6.45) is 1.64. The Labute approximate surface area is 75.3 Å². The molecule has 0 bridgehead atoms. The number of aromatic nitrogens is 2. The van der Waals surface area contributed by atoms with Gasteiger partial charge in [0.05, 0.1) is 11.2 Å². The molecule has 0 saturated carbocycles. The van der Waals surface area contributed by atoms with Crippen molar-refractivity contribution in [2.24, 2.45) is 0 Å². The van der Waals surface area contributed by atoms with Gasteiger partial charge in [0, 0.05) is 16.1 Å². The second kappa shape index (κ2) is 2.83. The third-order valence-electron chi connectivity index (χ3n) is 1.86. The van der Waals surface area contributed by atoms with Crippen LogP contribution in [0.2, 0.25) is 0 Å². The van der Waals surface area contributed by atoms with Crippen molar-refractivity contribution in [2.75, 3.05) is 0 Å². The van der Waals surface area contributed by atoms with Gasteiger partial charge in [0.15, 0.2) is 0 Å². The predicted octanol–water partition coefficient (Wildman–Crippen LogP) is 2.81. The van der Waals surface area contributed by atoms with Gasteiger partial charge in [0.25, 0.3) is 0 Å². The van der Waals surface area contributed by atoms with E-state index < -0.39 is 0 Å². The molecule has 0 atom stereocenters. The van der Waals surface area contributed by atoms with E-state index >= 15 is 0 Å². The molecule has 3 heteroatoms. The maximum absolute atomic E-state index is 4.27. The predicted molar refractivity (Wildman–Crippen MR) is 51.5 cm³/mol. The summed E-state index contributed by atoms with van der Waals surface area (Å²) in [7, 11) is 0. The number of rotatable bonds is 1. The summed E-state index contributed by atoms with van der Waals surface area (Å²) >= 11 is 1.68. The Kier molecular flexibility index (Phi) is 1.81. The minimum Gasteiger partial charge on any atom is -0.240 e. The van der Waals surface area contributed by atoms with Gasteiger partial charge in [-0.05, 0) is 5.92 Å². The lowest BCUT2D eigenvalue weighted by atomic mass is 10.1. The highest BCUT2D eigenvalue weighted by Gasteiger charge is 2.06. The maximum Gasteiger partial charge on any atom is 0.116 e. The fourth-order valence-electron chi connectivity index (χ4n) is 1.26. The van der Waals surface area contributed by atoms with Gasteiger partial charge in [-0.3, -0.25) is 0 Å². The quantitative estimate of drug-likeness (QED) is 0.671. The van der Waals surface area contributed by atoms with Crippen LogP contribution in [0.15, 0.2) is 17.1 Å². The van der Waals surface area contributed by atoms with E-state index in [-0.39, 0.29) is 0 Å². The van der Waals surface area contributed by atoms with E-state index in [4.69, 9.17) is 0 Å². The van der Waals surface area contributed by atoms with Crippen molar-refractivity contribution in [1.29, 1.82) is 0 Å². The molecule has 0 aliphatic carbocycles. The molecule has 2 aromatic rings. The van der Waals surface area contributed by atoms with Crippen molar-refractivity contribution in [3.05, 3.63) is 22.8 Å². The molecule has 0 saturated heterocycles. The van der Waals surface area contributed by atoms with Crippen LogP contribution in [0.5, 0.6) is 0 Å². The summed E-state index contributed by atoms with van der Waals surface area (Å²) in [5, 5.41) is 5.38. The smallest absolute Gasteiger partial charge is 0.116 e. The number of fused-ring (bicyclic) bond motifs is 1. The van der Waals surface area contributed by atoms with Crippen LogP contribution in [0, 0.1) is 0 Å². The van der Waals surface area contributed by atoms with Crippen molar-refractivity contribution >= 4 is 22.2 Å². The minimum absolute atomic E-state index is 0.477. The molecule has 2 rings (SSSR count). The zero-order valence-corrected chi connectivity index (χ0v) is 7.93. The first kappa shape index (κ1) is 7.68. The van der Waals surface area contributed by atoms with Gasteiger partial charge in [-0.25, -0.2) is 9.97 Å². The van der Waals surface area contributed by atoms with Crippen LogP contribution in [0.1, 0.15) is 25.5 Å². The molecule has 62 valence electrons. The fraction of sp³-hybridized carbons (Fsp3) is 0.333. The summed E-state index contributed by atoms with van der Waals surface area (Å²) in [4.78, 5) is 8.46. The molecule has 0 aromatic carbocycles. The molecule has 0 unspecified atom stereocenters. The highest BCUT2D eigenvalue weighted by molar-refractivity contribution is 7.09. The number of thiophene rings is 1. The second-order valence-corrected chi connectivity index (χ2v) is 3.83. The van der Waals surface area contributed by atoms with Gasteiger partial charge < -0.3 is 0 Å². The van der Waals surface area contributed by atoms with Gasteiger partial charge in [-0.1, -0.05) is 13.8 Å². The SMILES string of the molecule is CC(C)c1ncnc2cscc12. The van der Waals surface area contributed by atoms with E-state index in [1.165, 1.54) is 5.39 Å². The van der Waals surface area contributed by atoms with E-state index in [9.17, 15) is 0 Å². The van der Waals surface area contributed by atoms with E-state index in [0.717, 1.165) is 11.2 Å². The van der Waals surface area contributed by atoms with Crippen LogP contribution in [-0.2, 0) is 0 Å². The highest BCUT2D eigenvalue weighted by atomic mass is 32.1. The summed E-state index contributed by atoms with van der Waals surface area (Å²) in [6, 6.07) is 0. The Balaban J connectivity index is 2.73. The summed E-state index contributed by atoms with van der Waals surface area (Å²) in [5.74, 6) is 0.477. The van der Waals surface area contributed by atoms with Crippen molar-refractivity contribution in [1.82, 2.24) is 9.97 Å². The van der Waals surface area contributed by atoms with Gasteiger partial charge in [-0.2, -0.15) is 0 Å². The monoisotopic (exact) mass is 178 g/mol. The number of hydrogen-bond donors (Lipinski definition) is 0. The molecule has 0 N–H and O–H groups in total. The lowest BCUT2D eigenvalue weighted by Gasteiger charge is -2.03. The third-order valence-corrected chi connectivity index (χ3v) is 2.59. The van der Waals surface area contributed by atoms with Crippen molar-refractivity contribution in [3.8, 4) is 0 Å². The van der Waals surface area contributed by atoms with Crippen LogP contribution < -0.4 is 0 Å². The van der Waals surface area contributed by atoms with Gasteiger partial charge >= 0.3 is 0 Å². The standard InChI is InChI=1S/C9H10N2S/c1-6(2)9-7-3-12-4-8(7)10-5-11-9/h3-6H,1-2H3. The zero-order chi connectivity index (χ0) is 8.55. The molecule has 0 spiro atoms. The summed E-state index contributed by atoms with van der Waals surface area (Å²) < 4.78 is 0. The first-order valence-electron chi connectivity index (χ1n) is 3.96. The van der Waals surface area contributed by atoms with Crippen LogP contribution in [0.4, 0.5) is 0 Å². The third kappa shape index (κ3) is 1.10. The van der Waals surface area contributed by atoms with Crippen molar-refractivity contribution in [2.45, 2.75) is 19.8 Å².